The van der Waals surface area contributed by atoms with Crippen molar-refractivity contribution in [1.29, 1.82) is 0 Å². The topological polar surface area (TPSA) is 12.5 Å². The van der Waals surface area contributed by atoms with Gasteiger partial charge < -0.3 is 4.74 Å². The van der Waals surface area contributed by atoms with Gasteiger partial charge in [0.1, 0.15) is 6.61 Å². The molecule has 2 aliphatic heterocycles. The molecule has 0 radical (unpaired) electrons. The van der Waals surface area contributed by atoms with Crippen LogP contribution >= 0.6 is 0 Å². The van der Waals surface area contributed by atoms with Gasteiger partial charge in [0.05, 0.1) is 11.4 Å². The lowest BCUT2D eigenvalue weighted by molar-refractivity contribution is 0.238. The highest BCUT2D eigenvalue weighted by Gasteiger charge is 2.27. The van der Waals surface area contributed by atoms with Crippen LogP contribution in [-0.4, -0.2) is 6.61 Å². The average Bonchev–Trinajstić information content (AvgIpc) is 2.78. The van der Waals surface area contributed by atoms with Crippen LogP contribution in [0.2, 0.25) is 0 Å². The van der Waals surface area contributed by atoms with E-state index in [2.05, 4.69) is 86.4 Å². The second kappa shape index (κ2) is 9.65. The highest BCUT2D eigenvalue weighted by Crippen LogP contribution is 2.42. The Morgan fingerprint density at radius 1 is 0.862 bits per heavy atom. The fourth-order valence-corrected chi connectivity index (χ4v) is 4.25. The number of ether oxygens (including phenoxy) is 1. The minimum Gasteiger partial charge on any atom is -0.474 e. The summed E-state index contributed by atoms with van der Waals surface area (Å²) in [5, 5.41) is 0. The van der Waals surface area contributed by atoms with Crippen LogP contribution in [0.25, 0.3) is 0 Å². The Balaban J connectivity index is 0.00000117. The van der Waals surface area contributed by atoms with Crippen LogP contribution in [0.15, 0.2) is 72.2 Å². The number of nitrogens with zero attached hydrogens (tertiary/aromatic N) is 1. The van der Waals surface area contributed by atoms with E-state index < -0.39 is 0 Å². The number of allylic oxidation sites excluding steroid dienone is 4. The molecule has 2 nitrogen and oxygen atoms in total. The molecule has 0 N–H and O–H groups in total. The average molecular weight is 388 g/mol. The molecular formula is C27H33NO. The van der Waals surface area contributed by atoms with Gasteiger partial charge in [-0.2, -0.15) is 0 Å². The lowest BCUT2D eigenvalue weighted by Gasteiger charge is -2.31. The highest BCUT2D eigenvalue weighted by atomic mass is 16.5. The fourth-order valence-electron chi connectivity index (χ4n) is 4.25. The SMILES string of the molecule is CC.Cc1cc(C)c(N2C3=C(C/C=C\C=C/CO3)CCc3ccccc32)c(C)c1. The second-order valence-corrected chi connectivity index (χ2v) is 7.49. The molecule has 0 amide bonds. The number of anilines is 2. The third-order valence-corrected chi connectivity index (χ3v) is 5.36. The van der Waals surface area contributed by atoms with Gasteiger partial charge in [-0.15, -0.1) is 0 Å². The molecule has 29 heavy (non-hydrogen) atoms. The molecule has 152 valence electrons. The molecule has 2 aromatic carbocycles. The molecule has 0 unspecified atom stereocenters. The highest BCUT2D eigenvalue weighted by molar-refractivity contribution is 5.76. The van der Waals surface area contributed by atoms with Crippen LogP contribution in [0.4, 0.5) is 11.4 Å². The van der Waals surface area contributed by atoms with E-state index in [0.29, 0.717) is 6.61 Å². The van der Waals surface area contributed by atoms with E-state index >= 15 is 0 Å². The lowest BCUT2D eigenvalue weighted by atomic mass is 10.0. The van der Waals surface area contributed by atoms with E-state index in [4.69, 9.17) is 4.74 Å². The number of aryl methyl sites for hydroxylation is 4. The minimum absolute atomic E-state index is 0.589. The monoisotopic (exact) mass is 387 g/mol. The molecule has 0 aliphatic carbocycles. The van der Waals surface area contributed by atoms with Gasteiger partial charge in [-0.1, -0.05) is 68.0 Å². The predicted molar refractivity (Wildman–Crippen MR) is 125 cm³/mol. The van der Waals surface area contributed by atoms with Gasteiger partial charge >= 0.3 is 0 Å². The van der Waals surface area contributed by atoms with Crippen LogP contribution in [0.1, 0.15) is 48.9 Å². The van der Waals surface area contributed by atoms with Gasteiger partial charge in [-0.05, 0) is 74.4 Å². The van der Waals surface area contributed by atoms with Gasteiger partial charge in [-0.25, -0.2) is 0 Å². The first-order chi connectivity index (χ1) is 14.1. The number of benzene rings is 2. The Kier molecular flexibility index (Phi) is 6.98. The van der Waals surface area contributed by atoms with E-state index in [0.717, 1.165) is 25.1 Å². The third-order valence-electron chi connectivity index (χ3n) is 5.36. The quantitative estimate of drug-likeness (QED) is 0.503. The Bertz CT molecular complexity index is 926. The zero-order valence-corrected chi connectivity index (χ0v) is 18.5. The molecule has 0 aromatic heterocycles. The summed E-state index contributed by atoms with van der Waals surface area (Å²) in [5.41, 5.74) is 9.10. The molecule has 0 saturated carbocycles. The molecule has 4 rings (SSSR count). The second-order valence-electron chi connectivity index (χ2n) is 7.49. The van der Waals surface area contributed by atoms with Crippen LogP contribution in [0.5, 0.6) is 0 Å². The summed E-state index contributed by atoms with van der Waals surface area (Å²) in [7, 11) is 0. The zero-order chi connectivity index (χ0) is 20.8. The first-order valence-corrected chi connectivity index (χ1v) is 10.8. The standard InChI is InChI=1S/C25H27NO.C2H6/c1-18-16-19(2)24(20(3)17-18)26-23-12-8-7-10-21(23)13-14-22-11-6-4-5-9-15-27-25(22)26;1-2/h4-10,12,16-17H,11,13-15H2,1-3H3;1-2H3/b6-4-,9-5-;. The zero-order valence-electron chi connectivity index (χ0n) is 18.5. The van der Waals surface area contributed by atoms with E-state index in [1.54, 1.807) is 0 Å². The number of hydrogen-bond acceptors (Lipinski definition) is 2. The first-order valence-electron chi connectivity index (χ1n) is 10.8. The summed E-state index contributed by atoms with van der Waals surface area (Å²) in [5.74, 6) is 1.01. The van der Waals surface area contributed by atoms with Gasteiger partial charge in [0.25, 0.3) is 0 Å². The van der Waals surface area contributed by atoms with Crippen molar-refractivity contribution in [3.63, 3.8) is 0 Å². The van der Waals surface area contributed by atoms with Crippen molar-refractivity contribution in [2.24, 2.45) is 0 Å². The Labute approximate surface area is 176 Å². The summed E-state index contributed by atoms with van der Waals surface area (Å²) in [6.07, 6.45) is 11.5. The molecule has 0 bridgehead atoms. The van der Waals surface area contributed by atoms with Crippen molar-refractivity contribution in [2.75, 3.05) is 11.5 Å². The molecule has 2 heterocycles. The van der Waals surface area contributed by atoms with E-state index in [9.17, 15) is 0 Å². The summed E-state index contributed by atoms with van der Waals surface area (Å²) in [6.45, 7) is 11.2. The number of hydrogen-bond donors (Lipinski definition) is 0. The summed E-state index contributed by atoms with van der Waals surface area (Å²) in [4.78, 5) is 2.37. The first kappa shape index (κ1) is 21.0. The lowest BCUT2D eigenvalue weighted by Crippen LogP contribution is -2.22. The summed E-state index contributed by atoms with van der Waals surface area (Å²) < 4.78 is 6.39. The Morgan fingerprint density at radius 2 is 1.55 bits per heavy atom. The van der Waals surface area contributed by atoms with E-state index in [1.165, 1.54) is 39.2 Å². The molecule has 0 atom stereocenters. The van der Waals surface area contributed by atoms with Gasteiger partial charge in [0.15, 0.2) is 5.88 Å². The maximum absolute atomic E-state index is 6.39. The Hall–Kier alpha value is -2.74. The van der Waals surface area contributed by atoms with E-state index in [-0.39, 0.29) is 0 Å². The fraction of sp³-hybridized carbons (Fsp3) is 0.333. The predicted octanol–water partition coefficient (Wildman–Crippen LogP) is 7.47. The Morgan fingerprint density at radius 3 is 2.31 bits per heavy atom. The van der Waals surface area contributed by atoms with Gasteiger partial charge in [0.2, 0.25) is 0 Å². The summed E-state index contributed by atoms with van der Waals surface area (Å²) in [6, 6.07) is 13.3. The van der Waals surface area contributed by atoms with Gasteiger partial charge in [0, 0.05) is 0 Å². The molecule has 2 heteroatoms. The van der Waals surface area contributed by atoms with Crippen molar-refractivity contribution in [1.82, 2.24) is 0 Å². The van der Waals surface area contributed by atoms with Crippen LogP contribution in [0, 0.1) is 20.8 Å². The van der Waals surface area contributed by atoms with Crippen molar-refractivity contribution in [3.05, 3.63) is 94.4 Å². The van der Waals surface area contributed by atoms with Crippen molar-refractivity contribution in [3.8, 4) is 0 Å². The largest absolute Gasteiger partial charge is 0.474 e. The third kappa shape index (κ3) is 4.48. The van der Waals surface area contributed by atoms with E-state index in [1.807, 2.05) is 13.8 Å². The number of para-hydroxylation sites is 1. The maximum atomic E-state index is 6.39. The van der Waals surface area contributed by atoms with Crippen LogP contribution < -0.4 is 4.90 Å². The molecule has 0 spiro atoms. The maximum Gasteiger partial charge on any atom is 0.198 e. The molecule has 2 aliphatic rings. The number of rotatable bonds is 1. The smallest absolute Gasteiger partial charge is 0.198 e. The van der Waals surface area contributed by atoms with Gasteiger partial charge in [-0.3, -0.25) is 4.90 Å². The minimum atomic E-state index is 0.589. The summed E-state index contributed by atoms with van der Waals surface area (Å²) >= 11 is 0. The van der Waals surface area contributed by atoms with Crippen molar-refractivity contribution in [2.45, 2.75) is 53.9 Å². The van der Waals surface area contributed by atoms with Crippen molar-refractivity contribution >= 4 is 11.4 Å². The van der Waals surface area contributed by atoms with Crippen LogP contribution in [0.3, 0.4) is 0 Å². The molecular weight excluding hydrogens is 354 g/mol. The molecule has 0 saturated heterocycles. The van der Waals surface area contributed by atoms with Crippen molar-refractivity contribution < 1.29 is 4.74 Å². The number of fused-ring (bicyclic) bond motifs is 1. The molecule has 0 fully saturated rings. The normalized spacial score (nSPS) is 17.9. The molecule has 2 aromatic rings. The van der Waals surface area contributed by atoms with Crippen LogP contribution in [-0.2, 0) is 11.2 Å².